The van der Waals surface area contributed by atoms with Crippen molar-refractivity contribution in [2.75, 3.05) is 19.0 Å². The Morgan fingerprint density at radius 3 is 2.56 bits per heavy atom. The van der Waals surface area contributed by atoms with Gasteiger partial charge < -0.3 is 25.0 Å². The average molecular weight is 341 g/mol. The van der Waals surface area contributed by atoms with Crippen LogP contribution in [0.5, 0.6) is 0 Å². The summed E-state index contributed by atoms with van der Waals surface area (Å²) in [4.78, 5) is 18.9. The molecule has 6 heteroatoms. The largest absolute Gasteiger partial charge is 0.503 e. The number of anilines is 1. The molecular formula is C19H23N3O3. The first-order valence-corrected chi connectivity index (χ1v) is 8.71. The van der Waals surface area contributed by atoms with E-state index < -0.39 is 0 Å². The first-order chi connectivity index (χ1) is 12.0. The van der Waals surface area contributed by atoms with Gasteiger partial charge in [0.05, 0.1) is 5.69 Å². The topological polar surface area (TPSA) is 79.8 Å². The van der Waals surface area contributed by atoms with E-state index in [4.69, 9.17) is 0 Å². The molecule has 0 unspecified atom stereocenters. The second-order valence-corrected chi connectivity index (χ2v) is 7.20. The Morgan fingerprint density at radius 1 is 1.16 bits per heavy atom. The molecule has 0 spiro atoms. The van der Waals surface area contributed by atoms with Crippen molar-refractivity contribution in [2.45, 2.75) is 37.8 Å². The second-order valence-electron chi connectivity index (χ2n) is 7.20. The molecule has 1 aromatic carbocycles. The van der Waals surface area contributed by atoms with Crippen molar-refractivity contribution in [1.82, 2.24) is 9.88 Å². The van der Waals surface area contributed by atoms with Gasteiger partial charge in [-0.05, 0) is 51.9 Å². The van der Waals surface area contributed by atoms with Crippen LogP contribution in [0.2, 0.25) is 0 Å². The molecule has 0 saturated heterocycles. The van der Waals surface area contributed by atoms with Gasteiger partial charge in [0, 0.05) is 34.6 Å². The Hall–Kier alpha value is -2.47. The lowest BCUT2D eigenvalue weighted by Gasteiger charge is -2.41. The highest BCUT2D eigenvalue weighted by atomic mass is 16.3. The molecule has 2 aromatic rings. The number of hydrogen-bond donors (Lipinski definition) is 3. The molecule has 132 valence electrons. The van der Waals surface area contributed by atoms with E-state index in [0.717, 1.165) is 31.4 Å². The summed E-state index contributed by atoms with van der Waals surface area (Å²) in [6.07, 6.45) is 5.41. The van der Waals surface area contributed by atoms with Crippen molar-refractivity contribution in [3.05, 3.63) is 46.2 Å². The van der Waals surface area contributed by atoms with Crippen molar-refractivity contribution in [3.8, 4) is 0 Å². The quantitative estimate of drug-likeness (QED) is 0.782. The summed E-state index contributed by atoms with van der Waals surface area (Å²) in [6.45, 7) is 0. The zero-order valence-corrected chi connectivity index (χ0v) is 14.5. The molecule has 1 saturated carbocycles. The molecule has 0 atom stereocenters. The van der Waals surface area contributed by atoms with Gasteiger partial charge in [0.2, 0.25) is 5.88 Å². The molecule has 4 rings (SSSR count). The van der Waals surface area contributed by atoms with E-state index >= 15 is 0 Å². The molecule has 25 heavy (non-hydrogen) atoms. The minimum absolute atomic E-state index is 0.108. The van der Waals surface area contributed by atoms with Crippen molar-refractivity contribution >= 4 is 22.2 Å². The summed E-state index contributed by atoms with van der Waals surface area (Å²) in [6, 6.07) is 6.14. The summed E-state index contributed by atoms with van der Waals surface area (Å²) < 4.78 is 0. The van der Waals surface area contributed by atoms with Crippen LogP contribution in [0.1, 0.15) is 31.2 Å². The fourth-order valence-corrected chi connectivity index (χ4v) is 4.24. The van der Waals surface area contributed by atoms with Crippen LogP contribution < -0.4 is 10.5 Å². The molecule has 0 amide bonds. The third-order valence-corrected chi connectivity index (χ3v) is 5.62. The van der Waals surface area contributed by atoms with Crippen LogP contribution in [0.25, 0.3) is 16.5 Å². The molecule has 2 aliphatic rings. The number of nitrogens with one attached hydrogen (secondary N) is 1. The Bertz CT molecular complexity index is 908. The molecule has 2 heterocycles. The van der Waals surface area contributed by atoms with Crippen LogP contribution in [0.3, 0.4) is 0 Å². The summed E-state index contributed by atoms with van der Waals surface area (Å²) in [7, 11) is 4.19. The van der Waals surface area contributed by atoms with Gasteiger partial charge in [-0.2, -0.15) is 0 Å². The van der Waals surface area contributed by atoms with Gasteiger partial charge in [0.1, 0.15) is 0 Å². The Labute approximate surface area is 146 Å². The number of rotatable bonds is 2. The van der Waals surface area contributed by atoms with Gasteiger partial charge in [-0.1, -0.05) is 6.07 Å². The zero-order valence-electron chi connectivity index (χ0n) is 14.5. The van der Waals surface area contributed by atoms with Crippen LogP contribution >= 0.6 is 0 Å². The maximum Gasteiger partial charge on any atom is 0.255 e. The fraction of sp³-hybridized carbons (Fsp3) is 0.421. The number of nitrogens with zero attached hydrogens (tertiary/aromatic N) is 2. The van der Waals surface area contributed by atoms with Gasteiger partial charge in [-0.15, -0.1) is 0 Å². The monoisotopic (exact) mass is 341 g/mol. The van der Waals surface area contributed by atoms with Gasteiger partial charge in [0.15, 0.2) is 5.76 Å². The number of hydrogen-bond acceptors (Lipinski definition) is 5. The first-order valence-electron chi connectivity index (χ1n) is 8.71. The van der Waals surface area contributed by atoms with Crippen LogP contribution in [0.4, 0.5) is 5.69 Å². The van der Waals surface area contributed by atoms with E-state index in [9.17, 15) is 15.0 Å². The third kappa shape index (κ3) is 2.40. The standard InChI is InChI=1S/C19H23N3O3/c1-21(2)11-6-8-12(9-7-11)22-15-5-3-4-13-16(15)14(10-20-18(13)24)17(23)19(22)25/h3-5,10-12,23,25H,6-9H2,1-2H3,(H,20,24). The van der Waals surface area contributed by atoms with E-state index in [2.05, 4.69) is 24.0 Å². The number of benzene rings is 1. The van der Waals surface area contributed by atoms with Crippen LogP contribution in [-0.2, 0) is 0 Å². The lowest BCUT2D eigenvalue weighted by Crippen LogP contribution is -2.43. The zero-order chi connectivity index (χ0) is 17.7. The van der Waals surface area contributed by atoms with E-state index in [0.29, 0.717) is 22.4 Å². The van der Waals surface area contributed by atoms with Gasteiger partial charge in [0.25, 0.3) is 5.56 Å². The lowest BCUT2D eigenvalue weighted by molar-refractivity contribution is 0.209. The Kier molecular flexibility index (Phi) is 3.72. The number of aliphatic hydroxyl groups is 2. The van der Waals surface area contributed by atoms with Crippen molar-refractivity contribution in [1.29, 1.82) is 0 Å². The number of aliphatic hydroxyl groups excluding tert-OH is 2. The minimum atomic E-state index is -0.189. The number of pyridine rings is 1. The van der Waals surface area contributed by atoms with Gasteiger partial charge >= 0.3 is 0 Å². The summed E-state index contributed by atoms with van der Waals surface area (Å²) in [5, 5.41) is 22.4. The normalized spacial score (nSPS) is 23.6. The van der Waals surface area contributed by atoms with Crippen LogP contribution in [0.15, 0.2) is 35.1 Å². The molecule has 1 aliphatic carbocycles. The highest BCUT2D eigenvalue weighted by Gasteiger charge is 2.35. The molecular weight excluding hydrogens is 318 g/mol. The van der Waals surface area contributed by atoms with E-state index in [1.165, 1.54) is 6.20 Å². The Morgan fingerprint density at radius 2 is 1.88 bits per heavy atom. The highest BCUT2D eigenvalue weighted by molar-refractivity contribution is 6.04. The van der Waals surface area contributed by atoms with E-state index in [1.54, 1.807) is 6.07 Å². The molecule has 6 nitrogen and oxygen atoms in total. The number of aromatic nitrogens is 1. The Balaban J connectivity index is 1.81. The van der Waals surface area contributed by atoms with Crippen LogP contribution in [0, 0.1) is 0 Å². The van der Waals surface area contributed by atoms with Crippen molar-refractivity contribution < 1.29 is 10.2 Å². The summed E-state index contributed by atoms with van der Waals surface area (Å²) in [5.74, 6) is -0.296. The predicted octanol–water partition coefficient (Wildman–Crippen LogP) is 2.96. The third-order valence-electron chi connectivity index (χ3n) is 5.62. The summed E-state index contributed by atoms with van der Waals surface area (Å²) in [5.41, 5.74) is 1.08. The van der Waals surface area contributed by atoms with E-state index in [-0.39, 0.29) is 23.2 Å². The molecule has 1 aromatic heterocycles. The summed E-state index contributed by atoms with van der Waals surface area (Å²) >= 11 is 0. The molecule has 0 radical (unpaired) electrons. The van der Waals surface area contributed by atoms with E-state index in [1.807, 2.05) is 17.0 Å². The molecule has 1 aliphatic heterocycles. The van der Waals surface area contributed by atoms with Crippen LogP contribution in [-0.4, -0.2) is 46.3 Å². The minimum Gasteiger partial charge on any atom is -0.503 e. The maximum absolute atomic E-state index is 12.2. The molecule has 1 fully saturated rings. The highest BCUT2D eigenvalue weighted by Crippen LogP contribution is 2.41. The second kappa shape index (κ2) is 5.81. The molecule has 0 bridgehead atoms. The predicted molar refractivity (Wildman–Crippen MR) is 99.0 cm³/mol. The van der Waals surface area contributed by atoms with Crippen molar-refractivity contribution in [3.63, 3.8) is 0 Å². The van der Waals surface area contributed by atoms with Gasteiger partial charge in [-0.3, -0.25) is 4.79 Å². The van der Waals surface area contributed by atoms with Crippen molar-refractivity contribution in [2.24, 2.45) is 0 Å². The van der Waals surface area contributed by atoms with Gasteiger partial charge in [-0.25, -0.2) is 0 Å². The number of H-pyrrole nitrogens is 1. The maximum atomic E-state index is 12.2. The molecule has 3 N–H and O–H groups in total. The fourth-order valence-electron chi connectivity index (χ4n) is 4.24. The SMILES string of the molecule is CN(C)C1CCC(N2C(O)=C(O)c3c[nH]c(=O)c4cccc2c34)CC1. The smallest absolute Gasteiger partial charge is 0.255 e. The first kappa shape index (κ1) is 16.0. The number of aromatic amines is 1. The average Bonchev–Trinajstić information content (AvgIpc) is 2.62. The lowest BCUT2D eigenvalue weighted by atomic mass is 9.88.